The van der Waals surface area contributed by atoms with Crippen LogP contribution in [-0.4, -0.2) is 62.2 Å². The van der Waals surface area contributed by atoms with E-state index in [0.29, 0.717) is 41.8 Å². The van der Waals surface area contributed by atoms with Crippen LogP contribution in [0, 0.1) is 5.92 Å². The number of benzene rings is 1. The number of fused-ring (bicyclic) bond motifs is 1. The van der Waals surface area contributed by atoms with Crippen molar-refractivity contribution in [3.63, 3.8) is 0 Å². The number of anilines is 1. The number of thioether (sulfide) groups is 1. The zero-order valence-electron chi connectivity index (χ0n) is 18.9. The molecule has 0 N–H and O–H groups in total. The number of piperidine rings is 1. The van der Waals surface area contributed by atoms with Gasteiger partial charge in [-0.05, 0) is 55.5 Å². The van der Waals surface area contributed by atoms with Gasteiger partial charge in [-0.2, -0.15) is 4.31 Å². The summed E-state index contributed by atoms with van der Waals surface area (Å²) in [5, 5.41) is 2.47. The number of para-hydroxylation sites is 1. The monoisotopic (exact) mass is 537 g/mol. The molecule has 11 heteroatoms. The van der Waals surface area contributed by atoms with Gasteiger partial charge in [-0.25, -0.2) is 13.4 Å². The standard InChI is InChI=1S/C23H27N3O4S4/c1-31-18-6-2-7-19-21(18)24-23(33-19)26(15-17-5-3-13-30-17)22(27)16-9-11-25(12-10-16)34(28,29)20-8-4-14-32-20/h2,4,6-8,14,16-17H,3,5,9-13,15H2,1H3. The van der Waals surface area contributed by atoms with Gasteiger partial charge in [0.2, 0.25) is 5.91 Å². The third kappa shape index (κ3) is 4.78. The van der Waals surface area contributed by atoms with Crippen LogP contribution in [0.2, 0.25) is 0 Å². The van der Waals surface area contributed by atoms with Crippen molar-refractivity contribution in [1.29, 1.82) is 0 Å². The number of sulfonamides is 1. The number of hydrogen-bond acceptors (Lipinski definition) is 8. The smallest absolute Gasteiger partial charge is 0.252 e. The summed E-state index contributed by atoms with van der Waals surface area (Å²) < 4.78 is 34.6. The van der Waals surface area contributed by atoms with Gasteiger partial charge >= 0.3 is 0 Å². The molecule has 0 aliphatic carbocycles. The maximum absolute atomic E-state index is 13.8. The molecular formula is C23H27N3O4S4. The molecule has 0 radical (unpaired) electrons. The van der Waals surface area contributed by atoms with E-state index >= 15 is 0 Å². The number of rotatable bonds is 7. The molecule has 0 saturated carbocycles. The Morgan fingerprint density at radius 1 is 1.24 bits per heavy atom. The first-order valence-corrected chi connectivity index (χ1v) is 15.7. The molecule has 1 aromatic carbocycles. The highest BCUT2D eigenvalue weighted by Gasteiger charge is 2.36. The summed E-state index contributed by atoms with van der Waals surface area (Å²) >= 11 is 4.41. The lowest BCUT2D eigenvalue weighted by molar-refractivity contribution is -0.123. The summed E-state index contributed by atoms with van der Waals surface area (Å²) in [6, 6.07) is 9.49. The van der Waals surface area contributed by atoms with Crippen LogP contribution in [0.3, 0.4) is 0 Å². The largest absolute Gasteiger partial charge is 0.376 e. The van der Waals surface area contributed by atoms with Crippen molar-refractivity contribution >= 4 is 65.7 Å². The van der Waals surface area contributed by atoms with E-state index in [1.807, 2.05) is 24.5 Å². The van der Waals surface area contributed by atoms with Gasteiger partial charge in [0, 0.05) is 30.5 Å². The van der Waals surface area contributed by atoms with Crippen LogP contribution in [0.15, 0.2) is 44.8 Å². The topological polar surface area (TPSA) is 79.8 Å². The van der Waals surface area contributed by atoms with Gasteiger partial charge in [0.25, 0.3) is 10.0 Å². The lowest BCUT2D eigenvalue weighted by Crippen LogP contribution is -2.46. The van der Waals surface area contributed by atoms with Gasteiger partial charge in [0.15, 0.2) is 5.13 Å². The van der Waals surface area contributed by atoms with E-state index < -0.39 is 10.0 Å². The van der Waals surface area contributed by atoms with Crippen LogP contribution in [0.25, 0.3) is 10.2 Å². The number of nitrogens with zero attached hydrogens (tertiary/aromatic N) is 3. The van der Waals surface area contributed by atoms with E-state index in [1.165, 1.54) is 27.0 Å². The first kappa shape index (κ1) is 24.2. The van der Waals surface area contributed by atoms with E-state index in [0.717, 1.165) is 34.6 Å². The Bertz CT molecular complexity index is 1240. The van der Waals surface area contributed by atoms with Crippen LogP contribution in [-0.2, 0) is 19.6 Å². The highest BCUT2D eigenvalue weighted by molar-refractivity contribution is 7.98. The molecule has 1 unspecified atom stereocenters. The van der Waals surface area contributed by atoms with Gasteiger partial charge < -0.3 is 4.74 Å². The molecule has 4 heterocycles. The van der Waals surface area contributed by atoms with E-state index in [2.05, 4.69) is 0 Å². The van der Waals surface area contributed by atoms with Crippen LogP contribution in [0.5, 0.6) is 0 Å². The van der Waals surface area contributed by atoms with Gasteiger partial charge in [0.05, 0.1) is 22.9 Å². The number of hydrogen-bond donors (Lipinski definition) is 0. The minimum Gasteiger partial charge on any atom is -0.376 e. The molecule has 2 saturated heterocycles. The Balaban J connectivity index is 1.36. The van der Waals surface area contributed by atoms with Crippen molar-refractivity contribution in [2.45, 2.75) is 40.9 Å². The van der Waals surface area contributed by atoms with Gasteiger partial charge in [0.1, 0.15) is 4.21 Å². The molecule has 3 aromatic rings. The molecule has 0 spiro atoms. The Morgan fingerprint density at radius 2 is 2.06 bits per heavy atom. The SMILES string of the molecule is CSc1cccc2sc(N(CC3CCCO3)C(=O)C3CCN(S(=O)(=O)c4cccs4)CC3)nc12. The molecule has 2 aliphatic rings. The quantitative estimate of drug-likeness (QED) is 0.407. The maximum atomic E-state index is 13.8. The van der Waals surface area contributed by atoms with E-state index in [4.69, 9.17) is 9.72 Å². The number of aromatic nitrogens is 1. The van der Waals surface area contributed by atoms with E-state index in [9.17, 15) is 13.2 Å². The summed E-state index contributed by atoms with van der Waals surface area (Å²) in [6.45, 7) is 1.91. The normalized spacial score (nSPS) is 20.2. The first-order valence-electron chi connectivity index (χ1n) is 11.4. The molecule has 1 amide bonds. The fourth-order valence-electron chi connectivity index (χ4n) is 4.55. The summed E-state index contributed by atoms with van der Waals surface area (Å²) in [7, 11) is -3.49. The second-order valence-electron chi connectivity index (χ2n) is 8.50. The first-order chi connectivity index (χ1) is 16.5. The predicted octanol–water partition coefficient (Wildman–Crippen LogP) is 4.69. The molecule has 1 atom stereocenters. The maximum Gasteiger partial charge on any atom is 0.252 e. The third-order valence-electron chi connectivity index (χ3n) is 6.39. The summed E-state index contributed by atoms with van der Waals surface area (Å²) in [4.78, 5) is 21.5. The number of thiazole rings is 1. The van der Waals surface area contributed by atoms with Crippen molar-refractivity contribution in [3.05, 3.63) is 35.7 Å². The Morgan fingerprint density at radius 3 is 2.74 bits per heavy atom. The number of amides is 1. The second kappa shape index (κ2) is 10.2. The van der Waals surface area contributed by atoms with Crippen LogP contribution in [0.4, 0.5) is 5.13 Å². The molecule has 0 bridgehead atoms. The fourth-order valence-corrected chi connectivity index (χ4v) is 8.80. The predicted molar refractivity (Wildman–Crippen MR) is 139 cm³/mol. The molecule has 2 fully saturated rings. The number of carbonyl (C=O) groups is 1. The summed E-state index contributed by atoms with van der Waals surface area (Å²) in [5.74, 6) is -0.211. The van der Waals surface area contributed by atoms with Crippen LogP contribution in [0.1, 0.15) is 25.7 Å². The highest BCUT2D eigenvalue weighted by atomic mass is 32.2. The zero-order valence-corrected chi connectivity index (χ0v) is 22.1. The van der Waals surface area contributed by atoms with Crippen molar-refractivity contribution in [3.8, 4) is 0 Å². The molecule has 7 nitrogen and oxygen atoms in total. The molecule has 2 aliphatic heterocycles. The fraction of sp³-hybridized carbons (Fsp3) is 0.478. The number of thiophene rings is 1. The molecular weight excluding hydrogens is 511 g/mol. The lowest BCUT2D eigenvalue weighted by atomic mass is 9.96. The van der Waals surface area contributed by atoms with E-state index in [1.54, 1.807) is 34.2 Å². The summed E-state index contributed by atoms with van der Waals surface area (Å²) in [5.41, 5.74) is 0.928. The second-order valence-corrected chi connectivity index (χ2v) is 13.5. The average molecular weight is 538 g/mol. The van der Waals surface area contributed by atoms with Crippen molar-refractivity contribution in [1.82, 2.24) is 9.29 Å². The Kier molecular flexibility index (Phi) is 7.29. The van der Waals surface area contributed by atoms with Crippen molar-refractivity contribution in [2.75, 3.05) is 37.4 Å². The molecule has 182 valence electrons. The van der Waals surface area contributed by atoms with Gasteiger partial charge in [-0.1, -0.05) is 23.5 Å². The van der Waals surface area contributed by atoms with Crippen LogP contribution < -0.4 is 4.90 Å². The Labute approximate surface area is 212 Å². The highest BCUT2D eigenvalue weighted by Crippen LogP contribution is 2.36. The molecule has 34 heavy (non-hydrogen) atoms. The molecule has 2 aromatic heterocycles. The van der Waals surface area contributed by atoms with Crippen molar-refractivity contribution < 1.29 is 17.9 Å². The van der Waals surface area contributed by atoms with E-state index in [-0.39, 0.29) is 17.9 Å². The van der Waals surface area contributed by atoms with Crippen LogP contribution >= 0.6 is 34.4 Å². The van der Waals surface area contributed by atoms with Gasteiger partial charge in [-0.15, -0.1) is 23.1 Å². The van der Waals surface area contributed by atoms with Crippen molar-refractivity contribution in [2.24, 2.45) is 5.92 Å². The average Bonchev–Trinajstić information content (AvgIpc) is 3.63. The number of ether oxygens (including phenoxy) is 1. The summed E-state index contributed by atoms with van der Waals surface area (Å²) in [6.07, 6.45) is 4.99. The number of carbonyl (C=O) groups excluding carboxylic acids is 1. The third-order valence-corrected chi connectivity index (χ3v) is 11.5. The Hall–Kier alpha value is -1.50. The minimum absolute atomic E-state index is 0.00952. The molecule has 5 rings (SSSR count). The minimum atomic E-state index is -3.49. The van der Waals surface area contributed by atoms with Gasteiger partial charge in [-0.3, -0.25) is 9.69 Å². The lowest BCUT2D eigenvalue weighted by Gasteiger charge is -2.33. The zero-order chi connectivity index (χ0) is 23.7.